The lowest BCUT2D eigenvalue weighted by atomic mass is 10.0. The van der Waals surface area contributed by atoms with E-state index in [2.05, 4.69) is 21.2 Å². The number of ether oxygens (including phenoxy) is 1. The van der Waals surface area contributed by atoms with E-state index in [1.807, 2.05) is 31.4 Å². The Hall–Kier alpha value is -3.48. The summed E-state index contributed by atoms with van der Waals surface area (Å²) in [7, 11) is 3.49. The molecule has 0 saturated heterocycles. The van der Waals surface area contributed by atoms with Crippen LogP contribution in [0.15, 0.2) is 59.9 Å². The van der Waals surface area contributed by atoms with E-state index >= 15 is 0 Å². The van der Waals surface area contributed by atoms with Crippen LogP contribution in [-0.2, 0) is 19.9 Å². The fraction of sp³-hybridized carbons (Fsp3) is 0.200. The maximum Gasteiger partial charge on any atom is 0.203 e. The van der Waals surface area contributed by atoms with Crippen LogP contribution in [0.5, 0.6) is 5.75 Å². The van der Waals surface area contributed by atoms with E-state index in [0.29, 0.717) is 18.5 Å². The highest BCUT2D eigenvalue weighted by molar-refractivity contribution is 5.85. The van der Waals surface area contributed by atoms with Crippen LogP contribution in [0.2, 0.25) is 0 Å². The summed E-state index contributed by atoms with van der Waals surface area (Å²) in [6.07, 6.45) is 8.21. The van der Waals surface area contributed by atoms with Gasteiger partial charge in [0.1, 0.15) is 17.1 Å². The Morgan fingerprint density at radius 1 is 1.15 bits per heavy atom. The number of aromatic nitrogens is 5. The Kier molecular flexibility index (Phi) is 4.42. The van der Waals surface area contributed by atoms with E-state index < -0.39 is 0 Å². The van der Waals surface area contributed by atoms with Crippen LogP contribution in [0.1, 0.15) is 11.3 Å². The van der Waals surface area contributed by atoms with Gasteiger partial charge in [-0.05, 0) is 36.6 Å². The molecule has 4 rings (SSSR count). The van der Waals surface area contributed by atoms with Gasteiger partial charge in [0.05, 0.1) is 25.0 Å². The van der Waals surface area contributed by atoms with Crippen molar-refractivity contribution in [2.75, 3.05) is 7.11 Å². The molecule has 3 aromatic heterocycles. The first-order chi connectivity index (χ1) is 13.1. The smallest absolute Gasteiger partial charge is 0.203 e. The van der Waals surface area contributed by atoms with Crippen LogP contribution in [0.4, 0.5) is 0 Å². The summed E-state index contributed by atoms with van der Waals surface area (Å²) in [6.45, 7) is 0. The molecule has 4 aromatic rings. The fourth-order valence-electron chi connectivity index (χ4n) is 3.06. The van der Waals surface area contributed by atoms with Gasteiger partial charge in [-0.3, -0.25) is 14.5 Å². The number of aryl methyl sites for hydroxylation is 3. The summed E-state index contributed by atoms with van der Waals surface area (Å²) in [5.41, 5.74) is 3.27. The second-order valence-corrected chi connectivity index (χ2v) is 6.31. The minimum absolute atomic E-state index is 0.0600. The second kappa shape index (κ2) is 7.03. The lowest BCUT2D eigenvalue weighted by Gasteiger charge is -2.08. The largest absolute Gasteiger partial charge is 0.496 e. The van der Waals surface area contributed by atoms with Gasteiger partial charge in [-0.25, -0.2) is 4.68 Å². The zero-order chi connectivity index (χ0) is 18.8. The summed E-state index contributed by atoms with van der Waals surface area (Å²) < 4.78 is 8.79. The number of hydrogen-bond acceptors (Lipinski definition) is 5. The normalized spacial score (nSPS) is 11.0. The summed E-state index contributed by atoms with van der Waals surface area (Å²) in [5, 5.41) is 9.59. The van der Waals surface area contributed by atoms with Crippen LogP contribution in [-0.4, -0.2) is 31.7 Å². The van der Waals surface area contributed by atoms with Crippen molar-refractivity contribution in [3.63, 3.8) is 0 Å². The highest BCUT2D eigenvalue weighted by atomic mass is 16.5. The zero-order valence-electron chi connectivity index (χ0n) is 15.2. The van der Waals surface area contributed by atoms with E-state index in [9.17, 15) is 4.79 Å². The van der Waals surface area contributed by atoms with E-state index in [-0.39, 0.29) is 5.43 Å². The molecule has 0 bridgehead atoms. The van der Waals surface area contributed by atoms with Crippen molar-refractivity contribution >= 4 is 10.9 Å². The molecule has 0 radical (unpaired) electrons. The van der Waals surface area contributed by atoms with Crippen LogP contribution in [0, 0.1) is 0 Å². The first-order valence-corrected chi connectivity index (χ1v) is 8.63. The maximum absolute atomic E-state index is 12.2. The molecule has 0 N–H and O–H groups in total. The van der Waals surface area contributed by atoms with Crippen LogP contribution in [0.3, 0.4) is 0 Å². The minimum atomic E-state index is -0.0600. The third-order valence-electron chi connectivity index (χ3n) is 4.47. The topological polar surface area (TPSA) is 74.8 Å². The molecule has 0 fully saturated rings. The van der Waals surface area contributed by atoms with Gasteiger partial charge in [0.15, 0.2) is 0 Å². The van der Waals surface area contributed by atoms with Gasteiger partial charge in [-0.15, -0.1) is 0 Å². The second-order valence-electron chi connectivity index (χ2n) is 6.31. The molecule has 0 spiro atoms. The molecule has 3 heterocycles. The molecule has 136 valence electrons. The summed E-state index contributed by atoms with van der Waals surface area (Å²) in [5.74, 6) is 0.790. The molecule has 0 aliphatic carbocycles. The third-order valence-corrected chi connectivity index (χ3v) is 4.47. The maximum atomic E-state index is 12.2. The van der Waals surface area contributed by atoms with Crippen molar-refractivity contribution < 1.29 is 4.74 Å². The first kappa shape index (κ1) is 17.0. The predicted molar refractivity (Wildman–Crippen MR) is 102 cm³/mol. The van der Waals surface area contributed by atoms with Crippen LogP contribution >= 0.6 is 0 Å². The molecule has 0 saturated carbocycles. The Labute approximate surface area is 155 Å². The molecule has 7 nitrogen and oxygen atoms in total. The zero-order valence-corrected chi connectivity index (χ0v) is 15.2. The fourth-order valence-corrected chi connectivity index (χ4v) is 3.06. The number of nitrogens with zero attached hydrogens (tertiary/aromatic N) is 5. The van der Waals surface area contributed by atoms with Crippen LogP contribution < -0.4 is 10.2 Å². The summed E-state index contributed by atoms with van der Waals surface area (Å²) in [6, 6.07) is 9.45. The van der Waals surface area contributed by atoms with Gasteiger partial charge >= 0.3 is 0 Å². The Balaban J connectivity index is 1.60. The molecular weight excluding hydrogens is 342 g/mol. The Morgan fingerprint density at radius 2 is 2.04 bits per heavy atom. The van der Waals surface area contributed by atoms with Crippen LogP contribution in [0.25, 0.3) is 16.6 Å². The molecule has 27 heavy (non-hydrogen) atoms. The third kappa shape index (κ3) is 3.44. The van der Waals surface area contributed by atoms with E-state index in [4.69, 9.17) is 4.74 Å². The predicted octanol–water partition coefficient (Wildman–Crippen LogP) is 2.31. The van der Waals surface area contributed by atoms with Gasteiger partial charge in [0, 0.05) is 30.9 Å². The molecule has 0 aliphatic heterocycles. The molecule has 0 aliphatic rings. The molecular formula is C20H19N5O2. The molecule has 7 heteroatoms. The number of hydrogen-bond donors (Lipinski definition) is 0. The number of methoxy groups -OCH3 is 1. The first-order valence-electron chi connectivity index (χ1n) is 8.63. The van der Waals surface area contributed by atoms with Gasteiger partial charge in [-0.2, -0.15) is 10.2 Å². The average Bonchev–Trinajstić information content (AvgIpc) is 3.13. The number of benzene rings is 1. The van der Waals surface area contributed by atoms with Gasteiger partial charge in [-0.1, -0.05) is 6.07 Å². The molecule has 0 atom stereocenters. The Morgan fingerprint density at radius 3 is 2.81 bits per heavy atom. The van der Waals surface area contributed by atoms with E-state index in [0.717, 1.165) is 27.9 Å². The van der Waals surface area contributed by atoms with Gasteiger partial charge in [0.2, 0.25) is 5.43 Å². The summed E-state index contributed by atoms with van der Waals surface area (Å²) >= 11 is 0. The molecule has 0 amide bonds. The highest BCUT2D eigenvalue weighted by Crippen LogP contribution is 2.24. The SMILES string of the molecule is COc1ccnc2ccc(CCc3nn(-c4cnn(C)c4)ccc3=O)cc12. The lowest BCUT2D eigenvalue weighted by molar-refractivity contribution is 0.419. The molecule has 0 unspecified atom stereocenters. The van der Waals surface area contributed by atoms with Crippen molar-refractivity contribution in [3.8, 4) is 11.4 Å². The lowest BCUT2D eigenvalue weighted by Crippen LogP contribution is -2.16. The highest BCUT2D eigenvalue weighted by Gasteiger charge is 2.08. The van der Waals surface area contributed by atoms with E-state index in [1.165, 1.54) is 0 Å². The standard InChI is InChI=1S/C20H19N5O2/c1-24-13-15(12-22-24)25-10-8-19(26)18(23-25)6-4-14-3-5-17-16(11-14)20(27-2)7-9-21-17/h3,5,7-13H,4,6H2,1-2H3. The summed E-state index contributed by atoms with van der Waals surface area (Å²) in [4.78, 5) is 16.6. The number of pyridine rings is 1. The van der Waals surface area contributed by atoms with Crippen molar-refractivity contribution in [1.82, 2.24) is 24.5 Å². The number of rotatable bonds is 5. The molecule has 1 aromatic carbocycles. The van der Waals surface area contributed by atoms with Crippen molar-refractivity contribution in [2.24, 2.45) is 7.05 Å². The monoisotopic (exact) mass is 361 g/mol. The van der Waals surface area contributed by atoms with Gasteiger partial charge in [0.25, 0.3) is 0 Å². The minimum Gasteiger partial charge on any atom is -0.496 e. The van der Waals surface area contributed by atoms with Crippen molar-refractivity contribution in [1.29, 1.82) is 0 Å². The average molecular weight is 361 g/mol. The number of fused-ring (bicyclic) bond motifs is 1. The van der Waals surface area contributed by atoms with Gasteiger partial charge < -0.3 is 4.74 Å². The quantitative estimate of drug-likeness (QED) is 0.545. The van der Waals surface area contributed by atoms with Crippen molar-refractivity contribution in [2.45, 2.75) is 12.8 Å². The Bertz CT molecular complexity index is 1160. The van der Waals surface area contributed by atoms with E-state index in [1.54, 1.807) is 41.1 Å². The van der Waals surface area contributed by atoms with Crippen molar-refractivity contribution in [3.05, 3.63) is 76.6 Å².